The van der Waals surface area contributed by atoms with Crippen LogP contribution >= 0.6 is 0 Å². The van der Waals surface area contributed by atoms with Gasteiger partial charge in [0.1, 0.15) is 12.2 Å². The van der Waals surface area contributed by atoms with Gasteiger partial charge in [-0.15, -0.1) is 5.10 Å². The Bertz CT molecular complexity index is 597. The third-order valence-electron chi connectivity index (χ3n) is 2.23. The number of amides is 2. The predicted octanol–water partition coefficient (Wildman–Crippen LogP) is 0.0794. The normalized spacial score (nSPS) is 10.0. The molecule has 0 bridgehead atoms. The van der Waals surface area contributed by atoms with E-state index in [2.05, 4.69) is 25.9 Å². The second-order valence-corrected chi connectivity index (χ2v) is 3.85. The number of carboxylic acid groups (broad SMARTS) is 1. The number of aliphatic carboxylic acids is 1. The van der Waals surface area contributed by atoms with Crippen LogP contribution in [0.25, 0.3) is 0 Å². The number of nitrogens with zero attached hydrogens (tertiary/aromatic N) is 4. The van der Waals surface area contributed by atoms with Gasteiger partial charge in [-0.25, -0.2) is 9.48 Å². The molecule has 0 aromatic carbocycles. The lowest BCUT2D eigenvalue weighted by atomic mass is 10.4. The molecule has 0 aliphatic rings. The van der Waals surface area contributed by atoms with E-state index in [-0.39, 0.29) is 13.1 Å². The van der Waals surface area contributed by atoms with Crippen LogP contribution in [0.15, 0.2) is 30.7 Å². The van der Waals surface area contributed by atoms with E-state index >= 15 is 0 Å². The van der Waals surface area contributed by atoms with Gasteiger partial charge in [-0.1, -0.05) is 5.21 Å². The van der Waals surface area contributed by atoms with Crippen LogP contribution in [0, 0.1) is 0 Å². The number of carbonyl (C=O) groups is 2. The molecule has 2 rings (SSSR count). The first-order chi connectivity index (χ1) is 9.63. The molecule has 0 atom stereocenters. The topological polar surface area (TPSA) is 122 Å². The molecule has 0 spiro atoms. The quantitative estimate of drug-likeness (QED) is 0.710. The molecule has 2 aromatic rings. The largest absolute Gasteiger partial charge is 0.480 e. The van der Waals surface area contributed by atoms with Crippen molar-refractivity contribution in [1.29, 1.82) is 0 Å². The molecule has 2 aromatic heterocycles. The number of rotatable bonds is 5. The summed E-state index contributed by atoms with van der Waals surface area (Å²) in [5.74, 6) is -1.01. The number of urea groups is 1. The fourth-order valence-corrected chi connectivity index (χ4v) is 1.42. The van der Waals surface area contributed by atoms with Crippen molar-refractivity contribution >= 4 is 17.7 Å². The highest BCUT2D eigenvalue weighted by molar-refractivity contribution is 5.88. The minimum atomic E-state index is -1.01. The first-order valence-corrected chi connectivity index (χ1v) is 5.69. The van der Waals surface area contributed by atoms with E-state index in [9.17, 15) is 9.59 Å². The second-order valence-electron chi connectivity index (χ2n) is 3.85. The van der Waals surface area contributed by atoms with Gasteiger partial charge in [0, 0.05) is 6.20 Å². The molecule has 0 saturated heterocycles. The molecule has 0 radical (unpaired) electrons. The van der Waals surface area contributed by atoms with Gasteiger partial charge in [-0.05, 0) is 12.1 Å². The van der Waals surface area contributed by atoms with Crippen molar-refractivity contribution in [3.63, 3.8) is 0 Å². The van der Waals surface area contributed by atoms with Crippen molar-refractivity contribution in [2.45, 2.75) is 13.1 Å². The minimum absolute atomic E-state index is 0.145. The van der Waals surface area contributed by atoms with E-state index in [4.69, 9.17) is 5.11 Å². The van der Waals surface area contributed by atoms with Gasteiger partial charge < -0.3 is 15.7 Å². The molecule has 3 N–H and O–H groups in total. The monoisotopic (exact) mass is 276 g/mol. The summed E-state index contributed by atoms with van der Waals surface area (Å²) >= 11 is 0. The molecular weight excluding hydrogens is 264 g/mol. The maximum absolute atomic E-state index is 11.6. The van der Waals surface area contributed by atoms with Crippen LogP contribution in [0.5, 0.6) is 0 Å². The molecule has 0 aliphatic carbocycles. The number of pyridine rings is 1. The number of nitrogens with one attached hydrogen (secondary N) is 2. The SMILES string of the molecule is O=C(O)Cn1cc(CNC(=O)Nc2cccnc2)nn1. The summed E-state index contributed by atoms with van der Waals surface area (Å²) in [6.07, 6.45) is 4.57. The molecule has 9 nitrogen and oxygen atoms in total. The van der Waals surface area contributed by atoms with E-state index in [1.165, 1.54) is 17.1 Å². The molecule has 0 fully saturated rings. The number of anilines is 1. The first kappa shape index (κ1) is 13.5. The smallest absolute Gasteiger partial charge is 0.325 e. The number of carboxylic acids is 1. The molecule has 2 amide bonds. The summed E-state index contributed by atoms with van der Waals surface area (Å²) in [4.78, 5) is 25.9. The lowest BCUT2D eigenvalue weighted by molar-refractivity contribution is -0.137. The van der Waals surface area contributed by atoms with Gasteiger partial charge in [0.05, 0.1) is 24.6 Å². The summed E-state index contributed by atoms with van der Waals surface area (Å²) in [7, 11) is 0. The Labute approximate surface area is 113 Å². The van der Waals surface area contributed by atoms with E-state index in [1.807, 2.05) is 0 Å². The van der Waals surface area contributed by atoms with Crippen LogP contribution in [0.1, 0.15) is 5.69 Å². The van der Waals surface area contributed by atoms with Crippen molar-refractivity contribution in [3.05, 3.63) is 36.4 Å². The highest BCUT2D eigenvalue weighted by Crippen LogP contribution is 2.02. The summed E-state index contributed by atoms with van der Waals surface area (Å²) < 4.78 is 1.18. The highest BCUT2D eigenvalue weighted by Gasteiger charge is 2.06. The zero-order chi connectivity index (χ0) is 14.4. The number of hydrogen-bond acceptors (Lipinski definition) is 5. The van der Waals surface area contributed by atoms with E-state index < -0.39 is 12.0 Å². The fourth-order valence-electron chi connectivity index (χ4n) is 1.42. The van der Waals surface area contributed by atoms with Gasteiger partial charge in [-0.2, -0.15) is 0 Å². The Morgan fingerprint density at radius 2 is 2.25 bits per heavy atom. The van der Waals surface area contributed by atoms with E-state index in [0.717, 1.165) is 0 Å². The van der Waals surface area contributed by atoms with E-state index in [1.54, 1.807) is 18.3 Å². The summed E-state index contributed by atoms with van der Waals surface area (Å²) in [5, 5.41) is 21.1. The Kier molecular flexibility index (Phi) is 4.22. The van der Waals surface area contributed by atoms with Crippen LogP contribution in [0.4, 0.5) is 10.5 Å². The van der Waals surface area contributed by atoms with Gasteiger partial charge in [0.2, 0.25) is 0 Å². The highest BCUT2D eigenvalue weighted by atomic mass is 16.4. The second kappa shape index (κ2) is 6.27. The number of carbonyl (C=O) groups excluding carboxylic acids is 1. The zero-order valence-corrected chi connectivity index (χ0v) is 10.4. The maximum Gasteiger partial charge on any atom is 0.325 e. The van der Waals surface area contributed by atoms with Crippen molar-refractivity contribution in [1.82, 2.24) is 25.3 Å². The first-order valence-electron chi connectivity index (χ1n) is 5.69. The molecule has 0 aliphatic heterocycles. The average molecular weight is 276 g/mol. The van der Waals surface area contributed by atoms with Crippen molar-refractivity contribution in [3.8, 4) is 0 Å². The van der Waals surface area contributed by atoms with E-state index in [0.29, 0.717) is 11.4 Å². The van der Waals surface area contributed by atoms with Crippen LogP contribution in [0.2, 0.25) is 0 Å². The number of aromatic nitrogens is 4. The maximum atomic E-state index is 11.6. The third kappa shape index (κ3) is 4.05. The average Bonchev–Trinajstić information content (AvgIpc) is 2.84. The van der Waals surface area contributed by atoms with Crippen molar-refractivity contribution in [2.75, 3.05) is 5.32 Å². The summed E-state index contributed by atoms with van der Waals surface area (Å²) in [5.41, 5.74) is 1.03. The summed E-state index contributed by atoms with van der Waals surface area (Å²) in [6.45, 7) is -0.124. The van der Waals surface area contributed by atoms with Crippen molar-refractivity contribution < 1.29 is 14.7 Å². The molecule has 20 heavy (non-hydrogen) atoms. The van der Waals surface area contributed by atoms with Crippen LogP contribution in [-0.2, 0) is 17.9 Å². The zero-order valence-electron chi connectivity index (χ0n) is 10.4. The Morgan fingerprint density at radius 3 is 2.95 bits per heavy atom. The molecule has 104 valence electrons. The molecule has 2 heterocycles. The predicted molar refractivity (Wildman–Crippen MR) is 67.8 cm³/mol. The Balaban J connectivity index is 1.81. The van der Waals surface area contributed by atoms with Crippen LogP contribution in [0.3, 0.4) is 0 Å². The van der Waals surface area contributed by atoms with Gasteiger partial charge in [0.25, 0.3) is 0 Å². The number of hydrogen-bond donors (Lipinski definition) is 3. The fraction of sp³-hybridized carbons (Fsp3) is 0.182. The Morgan fingerprint density at radius 1 is 1.40 bits per heavy atom. The van der Waals surface area contributed by atoms with Gasteiger partial charge in [-0.3, -0.25) is 9.78 Å². The molecule has 0 saturated carbocycles. The lowest BCUT2D eigenvalue weighted by Crippen LogP contribution is -2.28. The molecular formula is C11H12N6O3. The van der Waals surface area contributed by atoms with Crippen LogP contribution in [-0.4, -0.2) is 37.1 Å². The van der Waals surface area contributed by atoms with Gasteiger partial charge >= 0.3 is 12.0 Å². The van der Waals surface area contributed by atoms with Crippen LogP contribution < -0.4 is 10.6 Å². The van der Waals surface area contributed by atoms with Gasteiger partial charge in [0.15, 0.2) is 0 Å². The molecule has 0 unspecified atom stereocenters. The lowest BCUT2D eigenvalue weighted by Gasteiger charge is -2.05. The molecule has 9 heteroatoms. The van der Waals surface area contributed by atoms with Crippen molar-refractivity contribution in [2.24, 2.45) is 0 Å². The Hall–Kier alpha value is -2.97. The summed E-state index contributed by atoms with van der Waals surface area (Å²) in [6, 6.07) is 2.99. The minimum Gasteiger partial charge on any atom is -0.480 e. The third-order valence-corrected chi connectivity index (χ3v) is 2.23. The standard InChI is InChI=1S/C11H12N6O3/c18-10(19)7-17-6-9(15-16-17)5-13-11(20)14-8-2-1-3-12-4-8/h1-4,6H,5,7H2,(H,18,19)(H2,13,14,20).